The lowest BCUT2D eigenvalue weighted by atomic mass is 10.1. The molecule has 162 valence electrons. The van der Waals surface area contributed by atoms with E-state index in [0.717, 1.165) is 35.4 Å². The zero-order valence-electron chi connectivity index (χ0n) is 17.7. The lowest BCUT2D eigenvalue weighted by Crippen LogP contribution is -2.29. The Bertz CT molecular complexity index is 1350. The smallest absolute Gasteiger partial charge is 0.251 e. The molecule has 32 heavy (non-hydrogen) atoms. The molecule has 7 nitrogen and oxygen atoms in total. The molecule has 0 radical (unpaired) electrons. The number of hydrogen-bond acceptors (Lipinski definition) is 5. The van der Waals surface area contributed by atoms with Crippen molar-refractivity contribution < 1.29 is 13.9 Å². The maximum Gasteiger partial charge on any atom is 0.251 e. The van der Waals surface area contributed by atoms with E-state index < -0.39 is 5.82 Å². The molecule has 4 aromatic rings. The summed E-state index contributed by atoms with van der Waals surface area (Å²) < 4.78 is 22.2. The van der Waals surface area contributed by atoms with Gasteiger partial charge in [-0.1, -0.05) is 0 Å². The molecule has 0 bridgehead atoms. The highest BCUT2D eigenvalue weighted by atomic mass is 19.1. The van der Waals surface area contributed by atoms with Gasteiger partial charge in [0.05, 0.1) is 29.4 Å². The van der Waals surface area contributed by atoms with Crippen LogP contribution < -0.4 is 20.9 Å². The van der Waals surface area contributed by atoms with E-state index >= 15 is 0 Å². The van der Waals surface area contributed by atoms with E-state index in [-0.39, 0.29) is 5.91 Å². The first kappa shape index (κ1) is 20.0. The fourth-order valence-corrected chi connectivity index (χ4v) is 4.01. The normalized spacial score (nSPS) is 12.8. The van der Waals surface area contributed by atoms with Crippen LogP contribution in [0.15, 0.2) is 54.6 Å². The lowest BCUT2D eigenvalue weighted by molar-refractivity contribution is 0.0963. The predicted molar refractivity (Wildman–Crippen MR) is 122 cm³/mol. The monoisotopic (exact) mass is 431 g/mol. The van der Waals surface area contributed by atoms with Crippen LogP contribution in [0.1, 0.15) is 15.9 Å². The number of carbonyl (C=O) groups is 1. The number of aromatic nitrogens is 2. The van der Waals surface area contributed by atoms with Gasteiger partial charge in [-0.25, -0.2) is 14.8 Å². The fraction of sp³-hybridized carbons (Fsp3) is 0.167. The third-order valence-corrected chi connectivity index (χ3v) is 5.65. The standard InChI is InChI=1S/C24H22FN5O2/c1-26-24(31)15-3-8-22-21(12-15)28-23(18-13-17(32-2)5-6-19(18)25)30(22)16-4-7-20-14(11-16)9-10-27-29-20/h3-8,11-13,27,29H,9-10H2,1-2H3,(H,26,31). The second kappa shape index (κ2) is 7.97. The van der Waals surface area contributed by atoms with Crippen LogP contribution in [-0.2, 0) is 6.42 Å². The molecule has 0 saturated heterocycles. The number of halogens is 1. The Balaban J connectivity index is 1.78. The van der Waals surface area contributed by atoms with E-state index in [4.69, 9.17) is 9.72 Å². The zero-order valence-corrected chi connectivity index (χ0v) is 17.7. The number of ether oxygens (including phenoxy) is 1. The first-order valence-electron chi connectivity index (χ1n) is 10.3. The number of benzene rings is 3. The van der Waals surface area contributed by atoms with Gasteiger partial charge in [-0.2, -0.15) is 0 Å². The fourth-order valence-electron chi connectivity index (χ4n) is 4.01. The average Bonchev–Trinajstić information content (AvgIpc) is 3.22. The number of amides is 1. The summed E-state index contributed by atoms with van der Waals surface area (Å²) in [5.41, 5.74) is 11.5. The van der Waals surface area contributed by atoms with Crippen molar-refractivity contribution in [1.29, 1.82) is 0 Å². The Labute approximate surface area is 184 Å². The Morgan fingerprint density at radius 3 is 2.84 bits per heavy atom. The van der Waals surface area contributed by atoms with Crippen molar-refractivity contribution in [3.05, 3.63) is 71.5 Å². The van der Waals surface area contributed by atoms with Crippen LogP contribution in [0, 0.1) is 5.82 Å². The molecule has 1 amide bonds. The Hall–Kier alpha value is -3.91. The van der Waals surface area contributed by atoms with Gasteiger partial charge in [0, 0.05) is 24.8 Å². The maximum atomic E-state index is 15.0. The number of hydrazine groups is 1. The number of fused-ring (bicyclic) bond motifs is 2. The summed E-state index contributed by atoms with van der Waals surface area (Å²) in [6, 6.07) is 15.9. The molecule has 8 heteroatoms. The molecular formula is C24H22FN5O2. The molecular weight excluding hydrogens is 409 g/mol. The maximum absolute atomic E-state index is 15.0. The van der Waals surface area contributed by atoms with Crippen molar-refractivity contribution >= 4 is 22.6 Å². The number of rotatable bonds is 4. The van der Waals surface area contributed by atoms with E-state index in [2.05, 4.69) is 22.2 Å². The first-order valence-corrected chi connectivity index (χ1v) is 10.3. The van der Waals surface area contributed by atoms with Crippen LogP contribution in [0.2, 0.25) is 0 Å². The van der Waals surface area contributed by atoms with Crippen LogP contribution in [0.3, 0.4) is 0 Å². The minimum absolute atomic E-state index is 0.206. The van der Waals surface area contributed by atoms with Crippen molar-refractivity contribution in [3.63, 3.8) is 0 Å². The van der Waals surface area contributed by atoms with Crippen LogP contribution in [-0.4, -0.2) is 36.2 Å². The topological polar surface area (TPSA) is 80.2 Å². The van der Waals surface area contributed by atoms with Gasteiger partial charge >= 0.3 is 0 Å². The highest BCUT2D eigenvalue weighted by Gasteiger charge is 2.20. The van der Waals surface area contributed by atoms with Crippen molar-refractivity contribution in [3.8, 4) is 22.8 Å². The number of carbonyl (C=O) groups excluding carboxylic acids is 1. The summed E-state index contributed by atoms with van der Waals surface area (Å²) in [5.74, 6) is 0.361. The molecule has 0 unspecified atom stereocenters. The summed E-state index contributed by atoms with van der Waals surface area (Å²) in [5, 5.41) is 2.63. The Morgan fingerprint density at radius 1 is 1.16 bits per heavy atom. The quantitative estimate of drug-likeness (QED) is 0.460. The van der Waals surface area contributed by atoms with E-state index in [1.807, 2.05) is 22.8 Å². The second-order valence-electron chi connectivity index (χ2n) is 7.54. The van der Waals surface area contributed by atoms with Crippen molar-refractivity contribution in [2.24, 2.45) is 0 Å². The van der Waals surface area contributed by atoms with Gasteiger partial charge in [-0.3, -0.25) is 9.36 Å². The van der Waals surface area contributed by atoms with Crippen LogP contribution in [0.5, 0.6) is 5.75 Å². The molecule has 0 aliphatic carbocycles. The van der Waals surface area contributed by atoms with Crippen molar-refractivity contribution in [1.82, 2.24) is 20.3 Å². The van der Waals surface area contributed by atoms with Gasteiger partial charge in [0.2, 0.25) is 0 Å². The summed E-state index contributed by atoms with van der Waals surface area (Å²) >= 11 is 0. The molecule has 0 fully saturated rings. The van der Waals surface area contributed by atoms with Gasteiger partial charge in [0.1, 0.15) is 17.4 Å². The first-order chi connectivity index (χ1) is 15.6. The SMILES string of the molecule is CNC(=O)c1ccc2c(c1)nc(-c1cc(OC)ccc1F)n2-c1ccc2c(c1)CCNN2. The van der Waals surface area contributed by atoms with E-state index in [0.29, 0.717) is 28.2 Å². The molecule has 1 aliphatic rings. The highest BCUT2D eigenvalue weighted by Crippen LogP contribution is 2.34. The number of anilines is 1. The molecule has 3 N–H and O–H groups in total. The summed E-state index contributed by atoms with van der Waals surface area (Å²) in [4.78, 5) is 16.9. The predicted octanol–water partition coefficient (Wildman–Crippen LogP) is 3.67. The minimum atomic E-state index is -0.405. The second-order valence-corrected chi connectivity index (χ2v) is 7.54. The van der Waals surface area contributed by atoms with Gasteiger partial charge in [0.25, 0.3) is 5.91 Å². The molecule has 3 aromatic carbocycles. The van der Waals surface area contributed by atoms with Gasteiger partial charge < -0.3 is 15.5 Å². The molecule has 2 heterocycles. The largest absolute Gasteiger partial charge is 0.497 e. The minimum Gasteiger partial charge on any atom is -0.497 e. The Kier molecular flexibility index (Phi) is 4.99. The zero-order chi connectivity index (χ0) is 22.2. The molecule has 1 aliphatic heterocycles. The van der Waals surface area contributed by atoms with Gasteiger partial charge in [-0.15, -0.1) is 0 Å². The summed E-state index contributed by atoms with van der Waals surface area (Å²) in [7, 11) is 3.12. The third kappa shape index (κ3) is 3.34. The number of hydrogen-bond donors (Lipinski definition) is 3. The van der Waals surface area contributed by atoms with Crippen molar-refractivity contribution in [2.75, 3.05) is 26.1 Å². The van der Waals surface area contributed by atoms with E-state index in [9.17, 15) is 9.18 Å². The third-order valence-electron chi connectivity index (χ3n) is 5.65. The molecule has 0 spiro atoms. The number of nitrogens with one attached hydrogen (secondary N) is 3. The van der Waals surface area contributed by atoms with Gasteiger partial charge in [0.15, 0.2) is 0 Å². The van der Waals surface area contributed by atoms with Crippen LogP contribution in [0.25, 0.3) is 28.1 Å². The molecule has 5 rings (SSSR count). The molecule has 0 atom stereocenters. The average molecular weight is 431 g/mol. The highest BCUT2D eigenvalue weighted by molar-refractivity contribution is 5.98. The van der Waals surface area contributed by atoms with E-state index in [1.165, 1.54) is 6.07 Å². The van der Waals surface area contributed by atoms with Crippen LogP contribution in [0.4, 0.5) is 10.1 Å². The summed E-state index contributed by atoms with van der Waals surface area (Å²) in [6.45, 7) is 0.813. The number of imidazole rings is 1. The number of nitrogens with zero attached hydrogens (tertiary/aromatic N) is 2. The lowest BCUT2D eigenvalue weighted by Gasteiger charge is -2.20. The van der Waals surface area contributed by atoms with Crippen LogP contribution >= 0.6 is 0 Å². The van der Waals surface area contributed by atoms with E-state index in [1.54, 1.807) is 38.4 Å². The Morgan fingerprint density at radius 2 is 2.03 bits per heavy atom. The molecule has 1 aromatic heterocycles. The number of methoxy groups -OCH3 is 1. The van der Waals surface area contributed by atoms with Gasteiger partial charge in [-0.05, 0) is 66.6 Å². The molecule has 0 saturated carbocycles. The summed E-state index contributed by atoms with van der Waals surface area (Å²) in [6.07, 6.45) is 0.868. The van der Waals surface area contributed by atoms with Crippen molar-refractivity contribution in [2.45, 2.75) is 6.42 Å².